The molecule has 0 aromatic carbocycles. The molecule has 2 atom stereocenters. The van der Waals surface area contributed by atoms with E-state index in [0.29, 0.717) is 17.6 Å². The number of nitrogens with zero attached hydrogens (tertiary/aromatic N) is 4. The highest BCUT2D eigenvalue weighted by atomic mass is 16.5. The highest BCUT2D eigenvalue weighted by molar-refractivity contribution is 5.71. The highest BCUT2D eigenvalue weighted by Crippen LogP contribution is 2.21. The van der Waals surface area contributed by atoms with Crippen LogP contribution in [0.4, 0.5) is 5.82 Å². The van der Waals surface area contributed by atoms with Gasteiger partial charge in [0.25, 0.3) is 0 Å². The maximum absolute atomic E-state index is 5.43. The van der Waals surface area contributed by atoms with Crippen LogP contribution < -0.4 is 5.32 Å². The summed E-state index contributed by atoms with van der Waals surface area (Å²) in [5.74, 6) is 1.48. The first-order valence-corrected chi connectivity index (χ1v) is 8.90. The van der Waals surface area contributed by atoms with Crippen molar-refractivity contribution in [1.82, 2.24) is 19.9 Å². The molecule has 0 radical (unpaired) electrons. The lowest BCUT2D eigenvalue weighted by molar-refractivity contribution is 0.117. The molecule has 3 heterocycles. The zero-order chi connectivity index (χ0) is 16.8. The van der Waals surface area contributed by atoms with E-state index in [2.05, 4.69) is 32.1 Å². The molecule has 1 aliphatic heterocycles. The van der Waals surface area contributed by atoms with E-state index in [4.69, 9.17) is 4.74 Å². The van der Waals surface area contributed by atoms with Crippen LogP contribution in [0.3, 0.4) is 0 Å². The van der Waals surface area contributed by atoms with Crippen LogP contribution in [-0.4, -0.2) is 58.7 Å². The molecular formula is C18H27N5O. The fourth-order valence-corrected chi connectivity index (χ4v) is 3.31. The second-order valence-corrected chi connectivity index (χ2v) is 6.46. The number of likely N-dealkylation sites (tertiary alicyclic amines) is 1. The second-order valence-electron chi connectivity index (χ2n) is 6.46. The molecule has 3 rings (SSSR count). The summed E-state index contributed by atoms with van der Waals surface area (Å²) < 4.78 is 5.43. The van der Waals surface area contributed by atoms with E-state index in [1.807, 2.05) is 19.1 Å². The number of rotatable bonds is 7. The maximum Gasteiger partial charge on any atom is 0.180 e. The third-order valence-corrected chi connectivity index (χ3v) is 4.62. The number of hydrogen-bond donors (Lipinski definition) is 1. The molecule has 0 bridgehead atoms. The topological polar surface area (TPSA) is 63.2 Å². The average Bonchev–Trinajstić information content (AvgIpc) is 2.61. The Hall–Kier alpha value is -1.79. The summed E-state index contributed by atoms with van der Waals surface area (Å²) >= 11 is 0. The molecule has 0 amide bonds. The zero-order valence-corrected chi connectivity index (χ0v) is 14.6. The van der Waals surface area contributed by atoms with Crippen LogP contribution in [0.15, 0.2) is 24.5 Å². The van der Waals surface area contributed by atoms with Crippen molar-refractivity contribution in [1.29, 1.82) is 0 Å². The van der Waals surface area contributed by atoms with Gasteiger partial charge in [0.2, 0.25) is 0 Å². The van der Waals surface area contributed by atoms with Gasteiger partial charge in [0.05, 0.1) is 0 Å². The Morgan fingerprint density at radius 2 is 2.17 bits per heavy atom. The van der Waals surface area contributed by atoms with Crippen LogP contribution >= 0.6 is 0 Å². The van der Waals surface area contributed by atoms with E-state index < -0.39 is 0 Å². The number of aromatic nitrogens is 3. The highest BCUT2D eigenvalue weighted by Gasteiger charge is 2.25. The van der Waals surface area contributed by atoms with E-state index in [1.165, 1.54) is 0 Å². The molecule has 2 aromatic heterocycles. The average molecular weight is 329 g/mol. The smallest absolute Gasteiger partial charge is 0.180 e. The van der Waals surface area contributed by atoms with E-state index in [1.54, 1.807) is 12.4 Å². The molecule has 1 N–H and O–H groups in total. The van der Waals surface area contributed by atoms with Gasteiger partial charge in [-0.1, -0.05) is 6.92 Å². The van der Waals surface area contributed by atoms with Crippen molar-refractivity contribution in [2.24, 2.45) is 5.92 Å². The predicted molar refractivity (Wildman–Crippen MR) is 96.1 cm³/mol. The molecule has 0 spiro atoms. The lowest BCUT2D eigenvalue weighted by Crippen LogP contribution is -2.45. The van der Waals surface area contributed by atoms with Gasteiger partial charge in [-0.2, -0.15) is 0 Å². The number of piperidine rings is 1. The van der Waals surface area contributed by atoms with Crippen LogP contribution in [0.2, 0.25) is 0 Å². The van der Waals surface area contributed by atoms with Gasteiger partial charge in [0, 0.05) is 51.3 Å². The molecular weight excluding hydrogens is 302 g/mol. The van der Waals surface area contributed by atoms with Gasteiger partial charge < -0.3 is 15.0 Å². The Morgan fingerprint density at radius 1 is 1.29 bits per heavy atom. The maximum atomic E-state index is 5.43. The van der Waals surface area contributed by atoms with Gasteiger partial charge in [0.15, 0.2) is 5.65 Å². The van der Waals surface area contributed by atoms with E-state index in [9.17, 15) is 0 Å². The first kappa shape index (κ1) is 17.0. The Bertz CT molecular complexity index is 650. The van der Waals surface area contributed by atoms with Gasteiger partial charge in [-0.3, -0.25) is 4.98 Å². The number of fused-ring (bicyclic) bond motifs is 1. The molecule has 6 heteroatoms. The minimum absolute atomic E-state index is 0.453. The van der Waals surface area contributed by atoms with Gasteiger partial charge in [-0.05, 0) is 37.8 Å². The van der Waals surface area contributed by atoms with Crippen LogP contribution in [0.1, 0.15) is 26.7 Å². The van der Waals surface area contributed by atoms with Gasteiger partial charge >= 0.3 is 0 Å². The molecule has 2 aromatic rings. The fraction of sp³-hybridized carbons (Fsp3) is 0.611. The molecule has 1 fully saturated rings. The van der Waals surface area contributed by atoms with E-state index >= 15 is 0 Å². The summed E-state index contributed by atoms with van der Waals surface area (Å²) in [6.07, 6.45) is 5.63. The quantitative estimate of drug-likeness (QED) is 0.788. The predicted octanol–water partition coefficient (Wildman–Crippen LogP) is 2.57. The zero-order valence-electron chi connectivity index (χ0n) is 14.6. The summed E-state index contributed by atoms with van der Waals surface area (Å²) in [5.41, 5.74) is 1.53. The normalized spacial score (nSPS) is 21.9. The Labute approximate surface area is 143 Å². The van der Waals surface area contributed by atoms with Crippen LogP contribution in [0, 0.1) is 5.92 Å². The molecule has 6 nitrogen and oxygen atoms in total. The van der Waals surface area contributed by atoms with Crippen molar-refractivity contribution in [3.05, 3.63) is 24.5 Å². The number of nitrogens with one attached hydrogen (secondary N) is 1. The summed E-state index contributed by atoms with van der Waals surface area (Å²) in [6, 6.07) is 4.43. The first-order chi connectivity index (χ1) is 11.8. The third-order valence-electron chi connectivity index (χ3n) is 4.62. The Kier molecular flexibility index (Phi) is 5.93. The fourth-order valence-electron chi connectivity index (χ4n) is 3.31. The summed E-state index contributed by atoms with van der Waals surface area (Å²) in [6.45, 7) is 9.41. The molecule has 24 heavy (non-hydrogen) atoms. The molecule has 2 unspecified atom stereocenters. The number of pyridine rings is 1. The lowest BCUT2D eigenvalue weighted by Gasteiger charge is -2.37. The largest absolute Gasteiger partial charge is 0.382 e. The molecule has 0 aliphatic carbocycles. The van der Waals surface area contributed by atoms with Gasteiger partial charge in [-0.15, -0.1) is 0 Å². The van der Waals surface area contributed by atoms with E-state index in [0.717, 1.165) is 57.0 Å². The second kappa shape index (κ2) is 8.35. The number of ether oxygens (including phenoxy) is 1. The number of hydrogen-bond acceptors (Lipinski definition) is 6. The minimum Gasteiger partial charge on any atom is -0.382 e. The van der Waals surface area contributed by atoms with Crippen molar-refractivity contribution in [2.75, 3.05) is 38.2 Å². The molecule has 1 saturated heterocycles. The first-order valence-electron chi connectivity index (χ1n) is 8.90. The SMILES string of the molecule is CCOCCCN1CCC(Nc2ccc3nccnc3n2)C(C)C1. The standard InChI is InChI=1S/C18H27N5O/c1-3-24-12-4-10-23-11-7-15(14(2)13-23)21-17-6-5-16-18(22-17)20-9-8-19-16/h5-6,8-9,14-15H,3-4,7,10-13H2,1-2H3,(H,20,21,22). The summed E-state index contributed by atoms with van der Waals surface area (Å²) in [4.78, 5) is 15.7. The van der Waals surface area contributed by atoms with Gasteiger partial charge in [-0.25, -0.2) is 9.97 Å². The summed E-state index contributed by atoms with van der Waals surface area (Å²) in [7, 11) is 0. The van der Waals surface area contributed by atoms with Crippen LogP contribution in [-0.2, 0) is 4.74 Å². The Balaban J connectivity index is 1.52. The van der Waals surface area contributed by atoms with E-state index in [-0.39, 0.29) is 0 Å². The van der Waals surface area contributed by atoms with Crippen molar-refractivity contribution >= 4 is 17.0 Å². The van der Waals surface area contributed by atoms with Crippen LogP contribution in [0.5, 0.6) is 0 Å². The summed E-state index contributed by atoms with van der Waals surface area (Å²) in [5, 5.41) is 3.59. The van der Waals surface area contributed by atoms with Crippen molar-refractivity contribution in [2.45, 2.75) is 32.7 Å². The van der Waals surface area contributed by atoms with Gasteiger partial charge in [0.1, 0.15) is 11.3 Å². The minimum atomic E-state index is 0.453. The lowest BCUT2D eigenvalue weighted by atomic mass is 9.93. The Morgan fingerprint density at radius 3 is 3.00 bits per heavy atom. The molecule has 1 aliphatic rings. The van der Waals surface area contributed by atoms with Crippen molar-refractivity contribution < 1.29 is 4.74 Å². The van der Waals surface area contributed by atoms with Crippen molar-refractivity contribution in [3.63, 3.8) is 0 Å². The number of anilines is 1. The van der Waals surface area contributed by atoms with Crippen molar-refractivity contribution in [3.8, 4) is 0 Å². The molecule has 130 valence electrons. The monoisotopic (exact) mass is 329 g/mol. The third kappa shape index (κ3) is 4.39. The molecule has 0 saturated carbocycles. The van der Waals surface area contributed by atoms with Crippen LogP contribution in [0.25, 0.3) is 11.2 Å².